The minimum atomic E-state index is -0.196. The second-order valence-electron chi connectivity index (χ2n) is 4.94. The summed E-state index contributed by atoms with van der Waals surface area (Å²) in [6.45, 7) is 6.34. The monoisotopic (exact) mass is 287 g/mol. The van der Waals surface area contributed by atoms with Gasteiger partial charge in [-0.1, -0.05) is 25.1 Å². The first-order chi connectivity index (χ1) is 10.2. The van der Waals surface area contributed by atoms with Gasteiger partial charge in [0.2, 0.25) is 0 Å². The number of rotatable bonds is 7. The fourth-order valence-corrected chi connectivity index (χ4v) is 2.29. The summed E-state index contributed by atoms with van der Waals surface area (Å²) in [6, 6.07) is 12.9. The van der Waals surface area contributed by atoms with Crippen LogP contribution in [0, 0.1) is 5.82 Å². The Balaban J connectivity index is 2.24. The molecule has 2 aromatic rings. The van der Waals surface area contributed by atoms with Gasteiger partial charge in [0.1, 0.15) is 11.6 Å². The van der Waals surface area contributed by atoms with Gasteiger partial charge in [-0.25, -0.2) is 4.39 Å². The molecule has 0 radical (unpaired) electrons. The van der Waals surface area contributed by atoms with Crippen molar-refractivity contribution in [2.45, 2.75) is 26.8 Å². The van der Waals surface area contributed by atoms with Crippen molar-refractivity contribution < 1.29 is 9.13 Å². The highest BCUT2D eigenvalue weighted by atomic mass is 19.1. The summed E-state index contributed by atoms with van der Waals surface area (Å²) in [5, 5.41) is 3.33. The number of hydrogen-bond acceptors (Lipinski definition) is 2. The van der Waals surface area contributed by atoms with Gasteiger partial charge in [0.15, 0.2) is 0 Å². The molecular weight excluding hydrogens is 265 g/mol. The van der Waals surface area contributed by atoms with Crippen LogP contribution in [-0.4, -0.2) is 13.2 Å². The molecular formula is C18H22FNO. The third kappa shape index (κ3) is 4.30. The Bertz CT molecular complexity index is 566. The van der Waals surface area contributed by atoms with Crippen molar-refractivity contribution in [2.24, 2.45) is 0 Å². The van der Waals surface area contributed by atoms with Crippen LogP contribution in [0.5, 0.6) is 5.75 Å². The van der Waals surface area contributed by atoms with Crippen LogP contribution in [0.3, 0.4) is 0 Å². The molecule has 0 heterocycles. The fourth-order valence-electron chi connectivity index (χ4n) is 2.29. The SMILES string of the molecule is CCCNCc1cc(F)ccc1-c1ccc(OCC)cc1. The van der Waals surface area contributed by atoms with E-state index in [9.17, 15) is 4.39 Å². The van der Waals surface area contributed by atoms with Crippen LogP contribution in [0.4, 0.5) is 4.39 Å². The van der Waals surface area contributed by atoms with Crippen LogP contribution in [0.1, 0.15) is 25.8 Å². The smallest absolute Gasteiger partial charge is 0.123 e. The summed E-state index contributed by atoms with van der Waals surface area (Å²) in [4.78, 5) is 0. The zero-order valence-corrected chi connectivity index (χ0v) is 12.7. The van der Waals surface area contributed by atoms with E-state index in [1.165, 1.54) is 6.07 Å². The normalized spacial score (nSPS) is 10.6. The molecule has 1 N–H and O–H groups in total. The van der Waals surface area contributed by atoms with E-state index in [-0.39, 0.29) is 5.82 Å². The average molecular weight is 287 g/mol. The first-order valence-corrected chi connectivity index (χ1v) is 7.47. The highest BCUT2D eigenvalue weighted by Gasteiger charge is 2.07. The Hall–Kier alpha value is -1.87. The van der Waals surface area contributed by atoms with Crippen molar-refractivity contribution in [3.8, 4) is 16.9 Å². The molecule has 0 saturated heterocycles. The van der Waals surface area contributed by atoms with E-state index in [4.69, 9.17) is 4.74 Å². The zero-order chi connectivity index (χ0) is 15.1. The molecule has 112 valence electrons. The summed E-state index contributed by atoms with van der Waals surface area (Å²) in [7, 11) is 0. The Labute approximate surface area is 126 Å². The van der Waals surface area contributed by atoms with E-state index >= 15 is 0 Å². The largest absolute Gasteiger partial charge is 0.494 e. The number of benzene rings is 2. The van der Waals surface area contributed by atoms with Crippen molar-refractivity contribution in [3.63, 3.8) is 0 Å². The van der Waals surface area contributed by atoms with Crippen molar-refractivity contribution in [2.75, 3.05) is 13.2 Å². The molecule has 3 heteroatoms. The second-order valence-corrected chi connectivity index (χ2v) is 4.94. The lowest BCUT2D eigenvalue weighted by Gasteiger charge is -2.12. The Kier molecular flexibility index (Phi) is 5.76. The van der Waals surface area contributed by atoms with E-state index in [1.807, 2.05) is 37.3 Å². The van der Waals surface area contributed by atoms with Gasteiger partial charge in [-0.05, 0) is 60.8 Å². The summed E-state index contributed by atoms with van der Waals surface area (Å²) in [5.74, 6) is 0.659. The lowest BCUT2D eigenvalue weighted by Crippen LogP contribution is -2.14. The predicted molar refractivity (Wildman–Crippen MR) is 85.0 cm³/mol. The van der Waals surface area contributed by atoms with E-state index in [0.29, 0.717) is 13.2 Å². The summed E-state index contributed by atoms with van der Waals surface area (Å²) in [5.41, 5.74) is 3.11. The highest BCUT2D eigenvalue weighted by Crippen LogP contribution is 2.26. The van der Waals surface area contributed by atoms with Crippen LogP contribution in [0.15, 0.2) is 42.5 Å². The van der Waals surface area contributed by atoms with Gasteiger partial charge in [-0.15, -0.1) is 0 Å². The number of hydrogen-bond donors (Lipinski definition) is 1. The maximum Gasteiger partial charge on any atom is 0.123 e. The predicted octanol–water partition coefficient (Wildman–Crippen LogP) is 4.39. The van der Waals surface area contributed by atoms with Gasteiger partial charge in [-0.2, -0.15) is 0 Å². The van der Waals surface area contributed by atoms with E-state index in [0.717, 1.165) is 35.4 Å². The first kappa shape index (κ1) is 15.5. The van der Waals surface area contributed by atoms with E-state index < -0.39 is 0 Å². The fraction of sp³-hybridized carbons (Fsp3) is 0.333. The van der Waals surface area contributed by atoms with Crippen molar-refractivity contribution in [1.82, 2.24) is 5.32 Å². The van der Waals surface area contributed by atoms with Gasteiger partial charge in [0, 0.05) is 6.54 Å². The Morgan fingerprint density at radius 2 is 1.81 bits per heavy atom. The van der Waals surface area contributed by atoms with Crippen molar-refractivity contribution in [3.05, 3.63) is 53.8 Å². The van der Waals surface area contributed by atoms with Gasteiger partial charge in [-0.3, -0.25) is 0 Å². The molecule has 0 amide bonds. The topological polar surface area (TPSA) is 21.3 Å². The number of ether oxygens (including phenoxy) is 1. The van der Waals surface area contributed by atoms with Crippen molar-refractivity contribution >= 4 is 0 Å². The third-order valence-corrected chi connectivity index (χ3v) is 3.29. The molecule has 0 aliphatic carbocycles. The van der Waals surface area contributed by atoms with Crippen LogP contribution in [-0.2, 0) is 6.54 Å². The number of nitrogens with one attached hydrogen (secondary N) is 1. The van der Waals surface area contributed by atoms with Crippen molar-refractivity contribution in [1.29, 1.82) is 0 Å². The van der Waals surface area contributed by atoms with Crippen LogP contribution in [0.2, 0.25) is 0 Å². The lowest BCUT2D eigenvalue weighted by atomic mass is 9.99. The van der Waals surface area contributed by atoms with Crippen LogP contribution < -0.4 is 10.1 Å². The lowest BCUT2D eigenvalue weighted by molar-refractivity contribution is 0.340. The first-order valence-electron chi connectivity index (χ1n) is 7.47. The highest BCUT2D eigenvalue weighted by molar-refractivity contribution is 5.68. The maximum atomic E-state index is 13.5. The minimum Gasteiger partial charge on any atom is -0.494 e. The standard InChI is InChI=1S/C18H22FNO/c1-3-11-20-13-15-12-16(19)7-10-18(15)14-5-8-17(9-6-14)21-4-2/h5-10,12,20H,3-4,11,13H2,1-2H3. The van der Waals surface area contributed by atoms with Gasteiger partial charge in [0.05, 0.1) is 6.61 Å². The van der Waals surface area contributed by atoms with E-state index in [1.54, 1.807) is 6.07 Å². The molecule has 0 aliphatic heterocycles. The second kappa shape index (κ2) is 7.79. The minimum absolute atomic E-state index is 0.196. The average Bonchev–Trinajstić information content (AvgIpc) is 2.49. The Morgan fingerprint density at radius 3 is 2.48 bits per heavy atom. The molecule has 2 aromatic carbocycles. The van der Waals surface area contributed by atoms with Gasteiger partial charge in [0.25, 0.3) is 0 Å². The summed E-state index contributed by atoms with van der Waals surface area (Å²) < 4.78 is 18.9. The quantitative estimate of drug-likeness (QED) is 0.763. The Morgan fingerprint density at radius 1 is 1.05 bits per heavy atom. The molecule has 2 nitrogen and oxygen atoms in total. The number of halogens is 1. The molecule has 0 unspecified atom stereocenters. The van der Waals surface area contributed by atoms with Gasteiger partial charge >= 0.3 is 0 Å². The zero-order valence-electron chi connectivity index (χ0n) is 12.7. The van der Waals surface area contributed by atoms with Gasteiger partial charge < -0.3 is 10.1 Å². The summed E-state index contributed by atoms with van der Waals surface area (Å²) in [6.07, 6.45) is 1.06. The molecule has 0 aliphatic rings. The molecule has 21 heavy (non-hydrogen) atoms. The molecule has 0 saturated carbocycles. The van der Waals surface area contributed by atoms with Crippen LogP contribution in [0.25, 0.3) is 11.1 Å². The molecule has 0 fully saturated rings. The van der Waals surface area contributed by atoms with Crippen LogP contribution >= 0.6 is 0 Å². The van der Waals surface area contributed by atoms with E-state index in [2.05, 4.69) is 12.2 Å². The molecule has 0 spiro atoms. The molecule has 0 atom stereocenters. The molecule has 0 bridgehead atoms. The molecule has 0 aromatic heterocycles. The maximum absolute atomic E-state index is 13.5. The molecule has 2 rings (SSSR count). The summed E-state index contributed by atoms with van der Waals surface area (Å²) >= 11 is 0. The third-order valence-electron chi connectivity index (χ3n) is 3.29.